The SMILES string of the molecule is COCCN(C)CCNC(=O)c1cc(C)cc(N)c1. The third kappa shape index (κ3) is 5.72. The molecule has 1 amide bonds. The molecule has 19 heavy (non-hydrogen) atoms. The molecule has 0 fully saturated rings. The van der Waals surface area contributed by atoms with Crippen molar-refractivity contribution in [2.45, 2.75) is 6.92 Å². The normalized spacial score (nSPS) is 10.7. The molecule has 0 heterocycles. The standard InChI is InChI=1S/C14H23N3O2/c1-11-8-12(10-13(15)9-11)14(18)16-4-5-17(2)6-7-19-3/h8-10H,4-7,15H2,1-3H3,(H,16,18). The van der Waals surface area contributed by atoms with E-state index in [0.717, 1.165) is 18.7 Å². The number of carbonyl (C=O) groups excluding carboxylic acids is 1. The molecule has 1 rings (SSSR count). The lowest BCUT2D eigenvalue weighted by atomic mass is 10.1. The zero-order valence-corrected chi connectivity index (χ0v) is 11.9. The summed E-state index contributed by atoms with van der Waals surface area (Å²) in [6.45, 7) is 4.86. The lowest BCUT2D eigenvalue weighted by Crippen LogP contribution is -2.34. The van der Waals surface area contributed by atoms with Crippen LogP contribution in [-0.2, 0) is 4.74 Å². The fraction of sp³-hybridized carbons (Fsp3) is 0.500. The summed E-state index contributed by atoms with van der Waals surface area (Å²) in [7, 11) is 3.67. The third-order valence-electron chi connectivity index (χ3n) is 2.82. The first-order chi connectivity index (χ1) is 9.02. The molecule has 0 aliphatic carbocycles. The van der Waals surface area contributed by atoms with Crippen LogP contribution in [0.2, 0.25) is 0 Å². The Kier molecular flexibility index (Phi) is 6.32. The van der Waals surface area contributed by atoms with Gasteiger partial charge in [0.2, 0.25) is 0 Å². The van der Waals surface area contributed by atoms with Gasteiger partial charge in [0.25, 0.3) is 5.91 Å². The van der Waals surface area contributed by atoms with E-state index in [1.54, 1.807) is 13.2 Å². The third-order valence-corrected chi connectivity index (χ3v) is 2.82. The Hall–Kier alpha value is -1.59. The van der Waals surface area contributed by atoms with Gasteiger partial charge >= 0.3 is 0 Å². The Bertz CT molecular complexity index is 401. The average molecular weight is 265 g/mol. The first-order valence-corrected chi connectivity index (χ1v) is 6.35. The number of rotatable bonds is 7. The first-order valence-electron chi connectivity index (χ1n) is 6.35. The van der Waals surface area contributed by atoms with Gasteiger partial charge in [-0.3, -0.25) is 4.79 Å². The molecule has 0 unspecified atom stereocenters. The number of hydrogen-bond donors (Lipinski definition) is 2. The van der Waals surface area contributed by atoms with Crippen LogP contribution in [0.1, 0.15) is 15.9 Å². The van der Waals surface area contributed by atoms with E-state index < -0.39 is 0 Å². The topological polar surface area (TPSA) is 67.6 Å². The minimum atomic E-state index is -0.0875. The number of nitrogens with two attached hydrogens (primary N) is 1. The number of methoxy groups -OCH3 is 1. The number of carbonyl (C=O) groups is 1. The molecule has 0 radical (unpaired) electrons. The van der Waals surface area contributed by atoms with Crippen molar-refractivity contribution in [2.24, 2.45) is 0 Å². The van der Waals surface area contributed by atoms with Gasteiger partial charge in [-0.25, -0.2) is 0 Å². The van der Waals surface area contributed by atoms with Crippen molar-refractivity contribution >= 4 is 11.6 Å². The zero-order chi connectivity index (χ0) is 14.3. The molecule has 0 aromatic heterocycles. The second-order valence-corrected chi connectivity index (χ2v) is 4.68. The number of nitrogens with one attached hydrogen (secondary N) is 1. The van der Waals surface area contributed by atoms with Crippen molar-refractivity contribution in [2.75, 3.05) is 46.1 Å². The maximum atomic E-state index is 11.9. The highest BCUT2D eigenvalue weighted by molar-refractivity contribution is 5.95. The Morgan fingerprint density at radius 1 is 1.37 bits per heavy atom. The van der Waals surface area contributed by atoms with Gasteiger partial charge in [-0.05, 0) is 37.7 Å². The monoisotopic (exact) mass is 265 g/mol. The Labute approximate surface area is 114 Å². The highest BCUT2D eigenvalue weighted by Gasteiger charge is 2.06. The van der Waals surface area contributed by atoms with Gasteiger partial charge in [0, 0.05) is 38.0 Å². The molecular weight excluding hydrogens is 242 g/mol. The summed E-state index contributed by atoms with van der Waals surface area (Å²) >= 11 is 0. The molecular formula is C14H23N3O2. The van der Waals surface area contributed by atoms with Crippen molar-refractivity contribution < 1.29 is 9.53 Å². The summed E-state index contributed by atoms with van der Waals surface area (Å²) in [5.41, 5.74) is 7.94. The predicted molar refractivity (Wildman–Crippen MR) is 77.3 cm³/mol. The molecule has 0 saturated heterocycles. The number of likely N-dealkylation sites (N-methyl/N-ethyl adjacent to an activating group) is 1. The highest BCUT2D eigenvalue weighted by atomic mass is 16.5. The maximum Gasteiger partial charge on any atom is 0.251 e. The van der Waals surface area contributed by atoms with E-state index in [1.807, 2.05) is 26.1 Å². The molecule has 1 aromatic carbocycles. The lowest BCUT2D eigenvalue weighted by Gasteiger charge is -2.16. The molecule has 0 spiro atoms. The smallest absolute Gasteiger partial charge is 0.251 e. The van der Waals surface area contributed by atoms with Crippen molar-refractivity contribution in [1.82, 2.24) is 10.2 Å². The van der Waals surface area contributed by atoms with Crippen LogP contribution in [0.5, 0.6) is 0 Å². The number of aryl methyl sites for hydroxylation is 1. The maximum absolute atomic E-state index is 11.9. The number of nitrogens with zero attached hydrogens (tertiary/aromatic N) is 1. The second kappa shape index (κ2) is 7.76. The van der Waals surface area contributed by atoms with E-state index in [0.29, 0.717) is 24.4 Å². The second-order valence-electron chi connectivity index (χ2n) is 4.68. The number of ether oxygens (including phenoxy) is 1. The molecule has 5 nitrogen and oxygen atoms in total. The zero-order valence-electron chi connectivity index (χ0n) is 11.9. The first kappa shape index (κ1) is 15.5. The van der Waals surface area contributed by atoms with E-state index in [1.165, 1.54) is 0 Å². The summed E-state index contributed by atoms with van der Waals surface area (Å²) in [4.78, 5) is 14.0. The number of hydrogen-bond acceptors (Lipinski definition) is 4. The van der Waals surface area contributed by atoms with E-state index >= 15 is 0 Å². The highest BCUT2D eigenvalue weighted by Crippen LogP contribution is 2.10. The molecule has 0 atom stereocenters. The molecule has 5 heteroatoms. The van der Waals surface area contributed by atoms with Gasteiger partial charge in [0.15, 0.2) is 0 Å². The minimum absolute atomic E-state index is 0.0875. The van der Waals surface area contributed by atoms with Crippen molar-refractivity contribution in [1.29, 1.82) is 0 Å². The van der Waals surface area contributed by atoms with E-state index in [2.05, 4.69) is 10.2 Å². The number of benzene rings is 1. The molecule has 0 saturated carbocycles. The van der Waals surface area contributed by atoms with Crippen LogP contribution in [0.4, 0.5) is 5.69 Å². The van der Waals surface area contributed by atoms with Gasteiger partial charge in [-0.2, -0.15) is 0 Å². The quantitative estimate of drug-likeness (QED) is 0.718. The summed E-state index contributed by atoms with van der Waals surface area (Å²) in [5.74, 6) is -0.0875. The number of amides is 1. The van der Waals surface area contributed by atoms with Crippen molar-refractivity contribution in [3.05, 3.63) is 29.3 Å². The molecule has 0 aliphatic heterocycles. The van der Waals surface area contributed by atoms with Crippen LogP contribution in [0, 0.1) is 6.92 Å². The van der Waals surface area contributed by atoms with E-state index in [-0.39, 0.29) is 5.91 Å². The van der Waals surface area contributed by atoms with Crippen LogP contribution in [0.25, 0.3) is 0 Å². The molecule has 1 aromatic rings. The Balaban J connectivity index is 2.39. The molecule has 0 bridgehead atoms. The summed E-state index contributed by atoms with van der Waals surface area (Å²) < 4.78 is 4.99. The minimum Gasteiger partial charge on any atom is -0.399 e. The van der Waals surface area contributed by atoms with Crippen LogP contribution in [-0.4, -0.2) is 51.2 Å². The summed E-state index contributed by atoms with van der Waals surface area (Å²) in [6, 6.07) is 5.37. The Morgan fingerprint density at radius 2 is 2.11 bits per heavy atom. The summed E-state index contributed by atoms with van der Waals surface area (Å²) in [6.07, 6.45) is 0. The van der Waals surface area contributed by atoms with Crippen molar-refractivity contribution in [3.63, 3.8) is 0 Å². The number of nitrogen functional groups attached to an aromatic ring is 1. The van der Waals surface area contributed by atoms with Crippen LogP contribution < -0.4 is 11.1 Å². The fourth-order valence-electron chi connectivity index (χ4n) is 1.77. The van der Waals surface area contributed by atoms with Gasteiger partial charge in [0.05, 0.1) is 6.61 Å². The van der Waals surface area contributed by atoms with Gasteiger partial charge in [0.1, 0.15) is 0 Å². The van der Waals surface area contributed by atoms with Gasteiger partial charge in [-0.15, -0.1) is 0 Å². The molecule has 106 valence electrons. The van der Waals surface area contributed by atoms with Crippen LogP contribution >= 0.6 is 0 Å². The van der Waals surface area contributed by atoms with Gasteiger partial charge < -0.3 is 20.7 Å². The van der Waals surface area contributed by atoms with Gasteiger partial charge in [-0.1, -0.05) is 0 Å². The Morgan fingerprint density at radius 3 is 2.74 bits per heavy atom. The fourth-order valence-corrected chi connectivity index (χ4v) is 1.77. The van der Waals surface area contributed by atoms with E-state index in [9.17, 15) is 4.79 Å². The number of anilines is 1. The molecule has 0 aliphatic rings. The average Bonchev–Trinajstić information content (AvgIpc) is 2.35. The van der Waals surface area contributed by atoms with Crippen LogP contribution in [0.15, 0.2) is 18.2 Å². The lowest BCUT2D eigenvalue weighted by molar-refractivity contribution is 0.0947. The molecule has 3 N–H and O–H groups in total. The summed E-state index contributed by atoms with van der Waals surface area (Å²) in [5, 5.41) is 2.88. The largest absolute Gasteiger partial charge is 0.399 e. The van der Waals surface area contributed by atoms with Crippen molar-refractivity contribution in [3.8, 4) is 0 Å². The van der Waals surface area contributed by atoms with E-state index in [4.69, 9.17) is 10.5 Å². The predicted octanol–water partition coefficient (Wildman–Crippen LogP) is 0.885. The van der Waals surface area contributed by atoms with Crippen LogP contribution in [0.3, 0.4) is 0 Å².